The van der Waals surface area contributed by atoms with Gasteiger partial charge in [0.05, 0.1) is 18.9 Å². The van der Waals surface area contributed by atoms with Crippen molar-refractivity contribution >= 4 is 23.5 Å². The summed E-state index contributed by atoms with van der Waals surface area (Å²) in [6, 6.07) is 5.24. The molecule has 5 nitrogen and oxygen atoms in total. The second kappa shape index (κ2) is 6.79. The summed E-state index contributed by atoms with van der Waals surface area (Å²) in [6.45, 7) is 4.47. The SMILES string of the molecule is COc1cccc(Cl)c1CC(=O)N1CCC(C(=O)O)(C(C)C)C1. The summed E-state index contributed by atoms with van der Waals surface area (Å²) in [5.74, 6) is -0.427. The zero-order valence-electron chi connectivity index (χ0n) is 13.6. The summed E-state index contributed by atoms with van der Waals surface area (Å²) in [7, 11) is 1.53. The minimum absolute atomic E-state index is 0.0346. The first-order valence-corrected chi connectivity index (χ1v) is 8.02. The number of aliphatic carboxylic acids is 1. The Balaban J connectivity index is 2.16. The van der Waals surface area contributed by atoms with E-state index in [-0.39, 0.29) is 24.8 Å². The largest absolute Gasteiger partial charge is 0.496 e. The summed E-state index contributed by atoms with van der Waals surface area (Å²) in [6.07, 6.45) is 0.585. The molecule has 0 saturated carbocycles. The van der Waals surface area contributed by atoms with Crippen LogP contribution in [0.1, 0.15) is 25.8 Å². The number of rotatable bonds is 5. The van der Waals surface area contributed by atoms with Crippen LogP contribution in [0.25, 0.3) is 0 Å². The third-order valence-electron chi connectivity index (χ3n) is 4.81. The van der Waals surface area contributed by atoms with Crippen LogP contribution in [0.15, 0.2) is 18.2 Å². The van der Waals surface area contributed by atoms with Crippen molar-refractivity contribution in [3.63, 3.8) is 0 Å². The summed E-state index contributed by atoms with van der Waals surface area (Å²) in [4.78, 5) is 25.9. The number of hydrogen-bond acceptors (Lipinski definition) is 3. The number of carbonyl (C=O) groups excluding carboxylic acids is 1. The molecule has 0 radical (unpaired) electrons. The molecule has 0 spiro atoms. The van der Waals surface area contributed by atoms with E-state index in [1.54, 1.807) is 23.1 Å². The van der Waals surface area contributed by atoms with Gasteiger partial charge in [-0.3, -0.25) is 9.59 Å². The Bertz CT molecular complexity index is 617. The lowest BCUT2D eigenvalue weighted by Gasteiger charge is -2.28. The van der Waals surface area contributed by atoms with Crippen molar-refractivity contribution in [3.05, 3.63) is 28.8 Å². The fourth-order valence-electron chi connectivity index (χ4n) is 3.10. The number of carboxylic acids is 1. The van der Waals surface area contributed by atoms with Crippen molar-refractivity contribution in [2.75, 3.05) is 20.2 Å². The molecule has 1 atom stereocenters. The van der Waals surface area contributed by atoms with Gasteiger partial charge in [0.15, 0.2) is 0 Å². The van der Waals surface area contributed by atoms with E-state index in [9.17, 15) is 14.7 Å². The standard InChI is InChI=1S/C17H22ClNO4/c1-11(2)17(16(21)22)7-8-19(10-17)15(20)9-12-13(18)5-4-6-14(12)23-3/h4-6,11H,7-10H2,1-3H3,(H,21,22). The highest BCUT2D eigenvalue weighted by molar-refractivity contribution is 6.31. The van der Waals surface area contributed by atoms with Gasteiger partial charge in [0.25, 0.3) is 0 Å². The zero-order chi connectivity index (χ0) is 17.2. The molecule has 0 aliphatic carbocycles. The van der Waals surface area contributed by atoms with Gasteiger partial charge in [-0.2, -0.15) is 0 Å². The van der Waals surface area contributed by atoms with E-state index in [1.165, 1.54) is 7.11 Å². The van der Waals surface area contributed by atoms with Crippen molar-refractivity contribution in [2.45, 2.75) is 26.7 Å². The second-order valence-electron chi connectivity index (χ2n) is 6.28. The number of likely N-dealkylation sites (tertiary alicyclic amines) is 1. The highest BCUT2D eigenvalue weighted by atomic mass is 35.5. The monoisotopic (exact) mass is 339 g/mol. The molecular formula is C17H22ClNO4. The fraction of sp³-hybridized carbons (Fsp3) is 0.529. The minimum atomic E-state index is -0.861. The van der Waals surface area contributed by atoms with Crippen molar-refractivity contribution in [3.8, 4) is 5.75 Å². The molecule has 1 amide bonds. The molecule has 2 rings (SSSR count). The van der Waals surface area contributed by atoms with Gasteiger partial charge in [0.1, 0.15) is 5.75 Å². The van der Waals surface area contributed by atoms with Gasteiger partial charge in [-0.25, -0.2) is 0 Å². The Morgan fingerprint density at radius 1 is 1.43 bits per heavy atom. The fourth-order valence-corrected chi connectivity index (χ4v) is 3.34. The molecule has 126 valence electrons. The zero-order valence-corrected chi connectivity index (χ0v) is 14.4. The van der Waals surface area contributed by atoms with Crippen LogP contribution in [-0.2, 0) is 16.0 Å². The molecular weight excluding hydrogens is 318 g/mol. The van der Waals surface area contributed by atoms with Gasteiger partial charge in [0.2, 0.25) is 5.91 Å². The van der Waals surface area contributed by atoms with Crippen molar-refractivity contribution in [1.82, 2.24) is 4.90 Å². The number of nitrogens with zero attached hydrogens (tertiary/aromatic N) is 1. The van der Waals surface area contributed by atoms with Crippen LogP contribution in [0.2, 0.25) is 5.02 Å². The molecule has 1 aromatic carbocycles. The molecule has 1 aliphatic rings. The van der Waals surface area contributed by atoms with Gasteiger partial charge < -0.3 is 14.7 Å². The molecule has 1 unspecified atom stereocenters. The van der Waals surface area contributed by atoms with Crippen LogP contribution in [0.5, 0.6) is 5.75 Å². The average Bonchev–Trinajstić information content (AvgIpc) is 2.96. The number of benzene rings is 1. The lowest BCUT2D eigenvalue weighted by molar-refractivity contribution is -0.151. The van der Waals surface area contributed by atoms with E-state index in [0.29, 0.717) is 29.3 Å². The van der Waals surface area contributed by atoms with E-state index in [1.807, 2.05) is 13.8 Å². The van der Waals surface area contributed by atoms with Crippen molar-refractivity contribution < 1.29 is 19.4 Å². The first-order valence-electron chi connectivity index (χ1n) is 7.64. The maximum atomic E-state index is 12.6. The number of methoxy groups -OCH3 is 1. The van der Waals surface area contributed by atoms with E-state index >= 15 is 0 Å². The molecule has 0 aromatic heterocycles. The predicted octanol–water partition coefficient (Wildman–Crippen LogP) is 2.85. The molecule has 6 heteroatoms. The number of hydrogen-bond donors (Lipinski definition) is 1. The van der Waals surface area contributed by atoms with E-state index in [0.717, 1.165) is 0 Å². The molecule has 1 fully saturated rings. The van der Waals surface area contributed by atoms with Gasteiger partial charge in [-0.05, 0) is 24.5 Å². The van der Waals surface area contributed by atoms with Crippen LogP contribution in [-0.4, -0.2) is 42.1 Å². The Kier molecular flexibility index (Phi) is 5.19. The number of halogens is 1. The molecule has 1 N–H and O–H groups in total. The van der Waals surface area contributed by atoms with Crippen LogP contribution in [0, 0.1) is 11.3 Å². The van der Waals surface area contributed by atoms with Crippen LogP contribution in [0.3, 0.4) is 0 Å². The Hall–Kier alpha value is -1.75. The Morgan fingerprint density at radius 2 is 2.13 bits per heavy atom. The maximum Gasteiger partial charge on any atom is 0.311 e. The van der Waals surface area contributed by atoms with E-state index < -0.39 is 11.4 Å². The van der Waals surface area contributed by atoms with Gasteiger partial charge >= 0.3 is 5.97 Å². The summed E-state index contributed by atoms with van der Waals surface area (Å²) in [5.41, 5.74) is -0.223. The predicted molar refractivity (Wildman–Crippen MR) is 87.8 cm³/mol. The smallest absolute Gasteiger partial charge is 0.311 e. The van der Waals surface area contributed by atoms with Gasteiger partial charge in [-0.1, -0.05) is 31.5 Å². The summed E-state index contributed by atoms with van der Waals surface area (Å²) < 4.78 is 5.26. The van der Waals surface area contributed by atoms with Crippen molar-refractivity contribution in [2.24, 2.45) is 11.3 Å². The third-order valence-corrected chi connectivity index (χ3v) is 5.16. The number of carbonyl (C=O) groups is 2. The molecule has 1 saturated heterocycles. The summed E-state index contributed by atoms with van der Waals surface area (Å²) >= 11 is 6.17. The third kappa shape index (κ3) is 3.29. The lowest BCUT2D eigenvalue weighted by Crippen LogP contribution is -2.41. The lowest BCUT2D eigenvalue weighted by atomic mass is 9.76. The van der Waals surface area contributed by atoms with E-state index in [4.69, 9.17) is 16.3 Å². The molecule has 1 heterocycles. The molecule has 23 heavy (non-hydrogen) atoms. The molecule has 0 bridgehead atoms. The van der Waals surface area contributed by atoms with Gasteiger partial charge in [0, 0.05) is 23.7 Å². The number of ether oxygens (including phenoxy) is 1. The van der Waals surface area contributed by atoms with E-state index in [2.05, 4.69) is 0 Å². The number of amides is 1. The highest BCUT2D eigenvalue weighted by Gasteiger charge is 2.48. The van der Waals surface area contributed by atoms with Crippen molar-refractivity contribution in [1.29, 1.82) is 0 Å². The number of carboxylic acid groups (broad SMARTS) is 1. The molecule has 1 aromatic rings. The van der Waals surface area contributed by atoms with Gasteiger partial charge in [-0.15, -0.1) is 0 Å². The topological polar surface area (TPSA) is 66.8 Å². The normalized spacial score (nSPS) is 20.8. The van der Waals surface area contributed by atoms with Crippen LogP contribution < -0.4 is 4.74 Å². The first-order chi connectivity index (χ1) is 10.8. The minimum Gasteiger partial charge on any atom is -0.496 e. The van der Waals surface area contributed by atoms with Crippen LogP contribution >= 0.6 is 11.6 Å². The van der Waals surface area contributed by atoms with Crippen LogP contribution in [0.4, 0.5) is 0 Å². The highest BCUT2D eigenvalue weighted by Crippen LogP contribution is 2.38. The maximum absolute atomic E-state index is 12.6. The second-order valence-corrected chi connectivity index (χ2v) is 6.69. The average molecular weight is 340 g/mol. The quantitative estimate of drug-likeness (QED) is 0.895. The first kappa shape index (κ1) is 17.6. The molecule has 1 aliphatic heterocycles. The Labute approximate surface area is 141 Å². The summed E-state index contributed by atoms with van der Waals surface area (Å²) in [5, 5.41) is 10.0. The Morgan fingerprint density at radius 3 is 2.65 bits per heavy atom.